The van der Waals surface area contributed by atoms with E-state index < -0.39 is 18.0 Å². The largest absolute Gasteiger partial charge is 0.507 e. The highest BCUT2D eigenvalue weighted by molar-refractivity contribution is 9.09. The number of Topliss-reactive ketones (excluding diaryl/α,β-unsaturated/α-hetero) is 1. The second kappa shape index (κ2) is 43.9. The van der Waals surface area contributed by atoms with Gasteiger partial charge in [0.25, 0.3) is 5.91 Å². The van der Waals surface area contributed by atoms with Crippen molar-refractivity contribution < 1.29 is 62.3 Å². The van der Waals surface area contributed by atoms with E-state index >= 15 is 0 Å². The number of carboxylic acids is 1. The van der Waals surface area contributed by atoms with E-state index in [-0.39, 0.29) is 112 Å². The number of hydrogen-bond donors (Lipinski definition) is 5. The van der Waals surface area contributed by atoms with E-state index in [0.29, 0.717) is 77.0 Å². The number of carboxylic acid groups (broad SMARTS) is 1. The number of primary amides is 1. The lowest BCUT2D eigenvalue weighted by atomic mass is 10.1. The zero-order valence-electron chi connectivity index (χ0n) is 43.3. The summed E-state index contributed by atoms with van der Waals surface area (Å²) in [6.45, 7) is 0. The van der Waals surface area contributed by atoms with Crippen LogP contribution in [0, 0.1) is 0 Å². The molecule has 0 bridgehead atoms. The molecular formula is C62H66BrCl9N4O13. The molecule has 0 saturated carbocycles. The van der Waals surface area contributed by atoms with Crippen molar-refractivity contribution in [3.63, 3.8) is 0 Å². The summed E-state index contributed by atoms with van der Waals surface area (Å²) in [6.07, 6.45) is 3.15. The number of nitrogens with zero attached hydrogens (tertiary/aromatic N) is 3. The molecular weight excluding hydrogens is 1410 g/mol. The van der Waals surface area contributed by atoms with Gasteiger partial charge in [-0.2, -0.15) is 0 Å². The number of esters is 1. The zero-order valence-corrected chi connectivity index (χ0v) is 51.7. The minimum atomic E-state index is -1.18. The van der Waals surface area contributed by atoms with E-state index in [9.17, 15) is 34.5 Å². The first-order valence-electron chi connectivity index (χ1n) is 23.6. The molecule has 482 valence electrons. The molecule has 0 spiro atoms. The van der Waals surface area contributed by atoms with Crippen LogP contribution in [0.2, 0.25) is 20.1 Å². The highest BCUT2D eigenvalue weighted by atomic mass is 79.9. The van der Waals surface area contributed by atoms with Crippen molar-refractivity contribution in [2.75, 3.05) is 18.9 Å². The van der Waals surface area contributed by atoms with Crippen molar-refractivity contribution in [3.05, 3.63) is 206 Å². The Balaban J connectivity index is 0. The highest BCUT2D eigenvalue weighted by Crippen LogP contribution is 2.36. The molecule has 89 heavy (non-hydrogen) atoms. The number of ether oxygens (including phenoxy) is 2. The maximum absolute atomic E-state index is 11.7. The van der Waals surface area contributed by atoms with Crippen molar-refractivity contribution >= 4 is 144 Å². The standard InChI is InChI=1S/C18H13Cl2NO4.2C10H7Cl2NO2.C9H9BrO2.C7H6ClNO2.C3H4Cl2O.5CH4/c19-9-13-10-24-17(21-13)14-8-12(20)6-7-15(14)25-16(18(22)23)11-4-2-1-3-5-11;2*11-4-7-5-15-10(13-7)8-3-6(12)1-2-9(8)14;1-12-9(11)8(10)7-5-3-2-4-6-7;8-4-1-2-6(10)5(3-4)7(9)11;4-1-3(6)2-5;;;;;/h1-8,10,16H,9H2,(H,22,23);2*1-3,5,14H,4H2;2-6,8H,1H3;1-3,10H,(H2,9,11);1-2H2;5*1H4. The van der Waals surface area contributed by atoms with E-state index in [0.717, 1.165) is 5.56 Å². The van der Waals surface area contributed by atoms with Gasteiger partial charge in [-0.25, -0.2) is 19.7 Å². The first kappa shape index (κ1) is 84.4. The van der Waals surface area contributed by atoms with Crippen LogP contribution in [-0.2, 0) is 36.8 Å². The maximum Gasteiger partial charge on any atom is 0.349 e. The normalized spacial score (nSPS) is 10.3. The first-order valence-corrected chi connectivity index (χ1v) is 28.7. The van der Waals surface area contributed by atoms with E-state index in [2.05, 4.69) is 35.6 Å². The van der Waals surface area contributed by atoms with Crippen LogP contribution < -0.4 is 10.5 Å². The van der Waals surface area contributed by atoms with Gasteiger partial charge in [0.05, 0.1) is 75.8 Å². The number of benzene rings is 6. The number of ketones is 1. The number of aliphatic carboxylic acids is 1. The molecule has 27 heteroatoms. The summed E-state index contributed by atoms with van der Waals surface area (Å²) < 4.78 is 26.1. The van der Waals surface area contributed by atoms with Crippen LogP contribution in [0.1, 0.15) is 86.6 Å². The van der Waals surface area contributed by atoms with Gasteiger partial charge in [0, 0.05) is 25.7 Å². The molecule has 9 rings (SSSR count). The van der Waals surface area contributed by atoms with Crippen LogP contribution in [0.4, 0.5) is 0 Å². The Morgan fingerprint density at radius 1 is 0.528 bits per heavy atom. The van der Waals surface area contributed by atoms with Crippen LogP contribution in [0.15, 0.2) is 166 Å². The molecule has 0 aliphatic rings. The number of alkyl halides is 6. The Bertz CT molecular complexity index is 3470. The lowest BCUT2D eigenvalue weighted by molar-refractivity contribution is -0.145. The number of carbonyl (C=O) groups is 4. The van der Waals surface area contributed by atoms with E-state index in [1.807, 2.05) is 30.3 Å². The van der Waals surface area contributed by atoms with Crippen molar-refractivity contribution in [1.29, 1.82) is 0 Å². The molecule has 0 aliphatic heterocycles. The number of hydrogen-bond acceptors (Lipinski definition) is 15. The molecule has 3 heterocycles. The van der Waals surface area contributed by atoms with Gasteiger partial charge < -0.3 is 48.9 Å². The number of aromatic hydroxyl groups is 3. The Labute approximate surface area is 570 Å². The van der Waals surface area contributed by atoms with Crippen LogP contribution in [-0.4, -0.2) is 77.9 Å². The van der Waals surface area contributed by atoms with Gasteiger partial charge >= 0.3 is 11.9 Å². The highest BCUT2D eigenvalue weighted by Gasteiger charge is 2.25. The third-order valence-electron chi connectivity index (χ3n) is 10.2. The molecule has 3 aromatic heterocycles. The first-order chi connectivity index (χ1) is 40.2. The molecule has 0 radical (unpaired) electrons. The zero-order chi connectivity index (χ0) is 61.9. The van der Waals surface area contributed by atoms with Crippen molar-refractivity contribution in [3.8, 4) is 57.4 Å². The Kier molecular flexibility index (Phi) is 41.6. The number of methoxy groups -OCH3 is 1. The van der Waals surface area contributed by atoms with E-state index in [1.165, 1.54) is 56.2 Å². The van der Waals surface area contributed by atoms with Crippen LogP contribution in [0.5, 0.6) is 23.0 Å². The monoisotopic (exact) mass is 1470 g/mol. The molecule has 0 saturated heterocycles. The summed E-state index contributed by atoms with van der Waals surface area (Å²) in [5.74, 6) is -0.243. The fourth-order valence-corrected chi connectivity index (χ4v) is 8.06. The minimum Gasteiger partial charge on any atom is -0.507 e. The predicted octanol–water partition coefficient (Wildman–Crippen LogP) is 19.5. The van der Waals surface area contributed by atoms with Crippen LogP contribution in [0.25, 0.3) is 34.4 Å². The average Bonchev–Trinajstić information content (AvgIpc) is 2.97. The van der Waals surface area contributed by atoms with Crippen molar-refractivity contribution in [1.82, 2.24) is 15.0 Å². The third-order valence-corrected chi connectivity index (χ3v) is 13.5. The Hall–Kier alpha value is -6.68. The predicted molar refractivity (Wildman–Crippen MR) is 362 cm³/mol. The summed E-state index contributed by atoms with van der Waals surface area (Å²) in [5.41, 5.74) is 9.54. The molecule has 1 amide bonds. The lowest BCUT2D eigenvalue weighted by Gasteiger charge is -2.17. The molecule has 2 atom stereocenters. The van der Waals surface area contributed by atoms with Crippen LogP contribution >= 0.6 is 120 Å². The fraction of sp³-hybridized carbons (Fsp3) is 0.210. The van der Waals surface area contributed by atoms with Crippen molar-refractivity contribution in [2.45, 2.75) is 65.7 Å². The quantitative estimate of drug-likeness (QED) is 0.0471. The second-order valence-electron chi connectivity index (χ2n) is 16.2. The van der Waals surface area contributed by atoms with Crippen LogP contribution in [0.3, 0.4) is 0 Å². The number of phenols is 3. The van der Waals surface area contributed by atoms with Gasteiger partial charge in [0.15, 0.2) is 5.78 Å². The van der Waals surface area contributed by atoms with Gasteiger partial charge in [-0.3, -0.25) is 14.4 Å². The summed E-state index contributed by atoms with van der Waals surface area (Å²) >= 11 is 53.4. The molecule has 6 N–H and O–H groups in total. The van der Waals surface area contributed by atoms with Crippen molar-refractivity contribution in [2.24, 2.45) is 5.73 Å². The molecule has 2 unspecified atom stereocenters. The van der Waals surface area contributed by atoms with Gasteiger partial charge in [0.1, 0.15) is 46.6 Å². The number of oxazole rings is 3. The summed E-state index contributed by atoms with van der Waals surface area (Å²) in [7, 11) is 1.37. The lowest BCUT2D eigenvalue weighted by Crippen LogP contribution is -2.18. The van der Waals surface area contributed by atoms with E-state index in [4.69, 9.17) is 133 Å². The number of carbonyl (C=O) groups excluding carboxylic acids is 3. The number of halogens is 10. The Morgan fingerprint density at radius 3 is 1.22 bits per heavy atom. The fourth-order valence-electron chi connectivity index (χ4n) is 6.23. The molecule has 9 aromatic rings. The van der Waals surface area contributed by atoms with Gasteiger partial charge in [-0.05, 0) is 78.4 Å². The van der Waals surface area contributed by atoms with E-state index in [1.54, 1.807) is 72.8 Å². The SMILES string of the molecule is C.C.C.C.C.COC(=O)C(Br)c1ccccc1.NC(=O)c1cc(Cl)ccc1O.O=C(CCl)CCl.O=C(O)C(Oc1ccc(Cl)cc1-c1nc(CCl)co1)c1ccccc1.Oc1ccc(Cl)cc1-c1nc(CCl)co1.Oc1ccc(Cl)cc1-c1nc(CCl)co1. The molecule has 0 fully saturated rings. The number of aromatic nitrogens is 3. The minimum absolute atomic E-state index is 0. The summed E-state index contributed by atoms with van der Waals surface area (Å²) in [4.78, 5) is 55.2. The number of rotatable bonds is 15. The average molecular weight is 1470 g/mol. The number of phenolic OH excluding ortho intramolecular Hbond substituents is 2. The molecule has 17 nitrogen and oxygen atoms in total. The van der Waals surface area contributed by atoms with Gasteiger partial charge in [-0.1, -0.05) is 160 Å². The number of amides is 1. The topological polar surface area (TPSA) is 272 Å². The second-order valence-corrected chi connectivity index (χ2v) is 20.2. The number of nitrogens with two attached hydrogens (primary N) is 1. The van der Waals surface area contributed by atoms with Gasteiger partial charge in [0.2, 0.25) is 23.8 Å². The maximum atomic E-state index is 11.7. The summed E-state index contributed by atoms with van der Waals surface area (Å²) in [5, 5.41) is 39.6. The third kappa shape index (κ3) is 27.5. The molecule has 6 aromatic carbocycles. The van der Waals surface area contributed by atoms with Gasteiger partial charge in [-0.15, -0.1) is 58.0 Å². The smallest absolute Gasteiger partial charge is 0.349 e. The molecule has 0 aliphatic carbocycles. The summed E-state index contributed by atoms with van der Waals surface area (Å²) in [6, 6.07) is 36.3. The Morgan fingerprint density at radius 2 is 0.888 bits per heavy atom.